The van der Waals surface area contributed by atoms with Crippen molar-refractivity contribution >= 4 is 34.9 Å². The molecule has 0 spiro atoms. The van der Waals surface area contributed by atoms with Gasteiger partial charge < -0.3 is 10.4 Å². The van der Waals surface area contributed by atoms with E-state index in [1.807, 2.05) is 0 Å². The maximum Gasteiger partial charge on any atom is 0.251 e. The fraction of sp³-hybridized carbons (Fsp3) is 0.333. The number of hydrogen-bond donors (Lipinski definition) is 2. The van der Waals surface area contributed by atoms with E-state index in [1.54, 1.807) is 6.92 Å². The second-order valence-corrected chi connectivity index (χ2v) is 4.65. The van der Waals surface area contributed by atoms with Crippen LogP contribution in [0, 0.1) is 0 Å². The molecular formula is C12H13Cl2NO3. The molecule has 4 nitrogen and oxygen atoms in total. The third kappa shape index (κ3) is 3.37. The van der Waals surface area contributed by atoms with Crippen molar-refractivity contribution in [3.8, 4) is 5.75 Å². The average Bonchev–Trinajstić information content (AvgIpc) is 2.31. The van der Waals surface area contributed by atoms with Gasteiger partial charge in [-0.15, -0.1) is 0 Å². The maximum atomic E-state index is 11.9. The molecular weight excluding hydrogens is 277 g/mol. The van der Waals surface area contributed by atoms with Gasteiger partial charge in [-0.25, -0.2) is 0 Å². The lowest BCUT2D eigenvalue weighted by Gasteiger charge is -2.14. The molecule has 0 heterocycles. The minimum Gasteiger partial charge on any atom is -0.505 e. The summed E-state index contributed by atoms with van der Waals surface area (Å²) in [5.41, 5.74) is 0.197. The highest BCUT2D eigenvalue weighted by molar-refractivity contribution is 6.37. The van der Waals surface area contributed by atoms with Crippen molar-refractivity contribution in [1.29, 1.82) is 0 Å². The summed E-state index contributed by atoms with van der Waals surface area (Å²) in [5.74, 6) is -0.851. The second kappa shape index (κ2) is 6.07. The summed E-state index contributed by atoms with van der Waals surface area (Å²) in [6.45, 7) is 3.20. The van der Waals surface area contributed by atoms with Crippen molar-refractivity contribution in [2.45, 2.75) is 26.3 Å². The quantitative estimate of drug-likeness (QED) is 0.896. The molecule has 0 aliphatic carbocycles. The molecule has 2 N–H and O–H groups in total. The monoisotopic (exact) mass is 289 g/mol. The molecule has 18 heavy (non-hydrogen) atoms. The number of Topliss-reactive ketones (excluding diaryl/α,β-unsaturated/α-hetero) is 1. The van der Waals surface area contributed by atoms with E-state index in [1.165, 1.54) is 19.1 Å². The third-order valence-electron chi connectivity index (χ3n) is 2.48. The molecule has 0 aromatic heterocycles. The van der Waals surface area contributed by atoms with E-state index in [2.05, 4.69) is 5.32 Å². The van der Waals surface area contributed by atoms with E-state index < -0.39 is 11.9 Å². The molecule has 0 saturated carbocycles. The predicted molar refractivity (Wildman–Crippen MR) is 70.4 cm³/mol. The van der Waals surface area contributed by atoms with Gasteiger partial charge in [0.2, 0.25) is 0 Å². The van der Waals surface area contributed by atoms with Gasteiger partial charge in [0.15, 0.2) is 11.5 Å². The molecule has 0 aliphatic rings. The van der Waals surface area contributed by atoms with Gasteiger partial charge in [0.05, 0.1) is 16.1 Å². The molecule has 6 heteroatoms. The summed E-state index contributed by atoms with van der Waals surface area (Å²) < 4.78 is 0. The van der Waals surface area contributed by atoms with Crippen LogP contribution in [0.4, 0.5) is 0 Å². The molecule has 1 rings (SSSR count). The minimum atomic E-state index is -0.538. The highest BCUT2D eigenvalue weighted by Gasteiger charge is 2.17. The van der Waals surface area contributed by atoms with Gasteiger partial charge in [0.25, 0.3) is 5.91 Å². The van der Waals surface area contributed by atoms with E-state index in [9.17, 15) is 14.7 Å². The topological polar surface area (TPSA) is 66.4 Å². The number of halogens is 2. The number of rotatable bonds is 4. The molecule has 1 amide bonds. The largest absolute Gasteiger partial charge is 0.505 e. The molecule has 1 aromatic rings. The van der Waals surface area contributed by atoms with Gasteiger partial charge in [0, 0.05) is 5.56 Å². The molecule has 0 unspecified atom stereocenters. The zero-order chi connectivity index (χ0) is 13.9. The van der Waals surface area contributed by atoms with Crippen molar-refractivity contribution < 1.29 is 14.7 Å². The predicted octanol–water partition coefficient (Wildman–Crippen LogP) is 2.80. The zero-order valence-electron chi connectivity index (χ0n) is 9.96. The first-order valence-corrected chi connectivity index (χ1v) is 6.11. The lowest BCUT2D eigenvalue weighted by molar-refractivity contribution is -0.118. The van der Waals surface area contributed by atoms with Crippen LogP contribution in [0.15, 0.2) is 12.1 Å². The van der Waals surface area contributed by atoms with Crippen LogP contribution < -0.4 is 5.32 Å². The Hall–Kier alpha value is -1.26. The van der Waals surface area contributed by atoms with Crippen LogP contribution in [-0.2, 0) is 4.79 Å². The van der Waals surface area contributed by atoms with Gasteiger partial charge >= 0.3 is 0 Å². The molecule has 0 fully saturated rings. The highest BCUT2D eigenvalue weighted by atomic mass is 35.5. The third-order valence-corrected chi connectivity index (χ3v) is 3.06. The first kappa shape index (κ1) is 14.8. The second-order valence-electron chi connectivity index (χ2n) is 3.83. The number of nitrogens with one attached hydrogen (secondary N) is 1. The van der Waals surface area contributed by atoms with Gasteiger partial charge in [0.1, 0.15) is 0 Å². The number of benzene rings is 1. The maximum absolute atomic E-state index is 11.9. The van der Waals surface area contributed by atoms with Crippen molar-refractivity contribution in [2.24, 2.45) is 0 Å². The number of carbonyl (C=O) groups excluding carboxylic acids is 2. The summed E-state index contributed by atoms with van der Waals surface area (Å²) in [6.07, 6.45) is 0.501. The SMILES string of the molecule is CC[C@H](NC(=O)c1cc(Cl)c(O)c(Cl)c1)C(C)=O. The van der Waals surface area contributed by atoms with Gasteiger partial charge in [-0.1, -0.05) is 30.1 Å². The van der Waals surface area contributed by atoms with E-state index in [0.717, 1.165) is 0 Å². The molecule has 1 aromatic carbocycles. The number of carbonyl (C=O) groups is 2. The van der Waals surface area contributed by atoms with Gasteiger partial charge in [-0.2, -0.15) is 0 Å². The Morgan fingerprint density at radius 3 is 2.22 bits per heavy atom. The lowest BCUT2D eigenvalue weighted by Crippen LogP contribution is -2.39. The molecule has 0 radical (unpaired) electrons. The first-order chi connectivity index (χ1) is 8.36. The van der Waals surface area contributed by atoms with Crippen molar-refractivity contribution in [2.75, 3.05) is 0 Å². The van der Waals surface area contributed by atoms with E-state index in [4.69, 9.17) is 23.2 Å². The Labute approximate surface area is 115 Å². The Morgan fingerprint density at radius 1 is 1.33 bits per heavy atom. The van der Waals surface area contributed by atoms with Crippen LogP contribution >= 0.6 is 23.2 Å². The Bertz CT molecular complexity index is 465. The van der Waals surface area contributed by atoms with Crippen LogP contribution in [0.1, 0.15) is 30.6 Å². The van der Waals surface area contributed by atoms with Crippen LogP contribution in [0.3, 0.4) is 0 Å². The smallest absolute Gasteiger partial charge is 0.251 e. The molecule has 1 atom stereocenters. The standard InChI is InChI=1S/C12H13Cl2NO3/c1-3-10(6(2)16)15-12(18)7-4-8(13)11(17)9(14)5-7/h4-5,10,17H,3H2,1-2H3,(H,15,18)/t10-/m0/s1. The number of hydrogen-bond acceptors (Lipinski definition) is 3. The van der Waals surface area contributed by atoms with Crippen molar-refractivity contribution in [1.82, 2.24) is 5.32 Å². The molecule has 0 bridgehead atoms. The van der Waals surface area contributed by atoms with Crippen LogP contribution in [0.2, 0.25) is 10.0 Å². The van der Waals surface area contributed by atoms with E-state index >= 15 is 0 Å². The molecule has 0 aliphatic heterocycles. The Kier molecular flexibility index (Phi) is 4.99. The van der Waals surface area contributed by atoms with Gasteiger partial charge in [-0.3, -0.25) is 9.59 Å². The van der Waals surface area contributed by atoms with E-state index in [-0.39, 0.29) is 27.1 Å². The number of ketones is 1. The summed E-state index contributed by atoms with van der Waals surface area (Å²) in [5, 5.41) is 11.9. The summed E-state index contributed by atoms with van der Waals surface area (Å²) in [7, 11) is 0. The minimum absolute atomic E-state index is 0.0106. The van der Waals surface area contributed by atoms with Gasteiger partial charge in [-0.05, 0) is 25.5 Å². The lowest BCUT2D eigenvalue weighted by atomic mass is 10.1. The van der Waals surface area contributed by atoms with Crippen LogP contribution in [0.5, 0.6) is 5.75 Å². The van der Waals surface area contributed by atoms with Crippen LogP contribution in [-0.4, -0.2) is 22.8 Å². The Balaban J connectivity index is 2.94. The summed E-state index contributed by atoms with van der Waals surface area (Å²) in [4.78, 5) is 23.1. The fourth-order valence-electron chi connectivity index (χ4n) is 1.43. The number of amides is 1. The van der Waals surface area contributed by atoms with Crippen LogP contribution in [0.25, 0.3) is 0 Å². The number of phenolic OH excluding ortho intramolecular Hbond substituents is 1. The normalized spacial score (nSPS) is 12.0. The number of aromatic hydroxyl groups is 1. The summed E-state index contributed by atoms with van der Waals surface area (Å²) in [6, 6.07) is 2.06. The Morgan fingerprint density at radius 2 is 1.83 bits per heavy atom. The first-order valence-electron chi connectivity index (χ1n) is 5.36. The van der Waals surface area contributed by atoms with Crippen molar-refractivity contribution in [3.05, 3.63) is 27.7 Å². The van der Waals surface area contributed by atoms with Crippen molar-refractivity contribution in [3.63, 3.8) is 0 Å². The number of phenols is 1. The fourth-order valence-corrected chi connectivity index (χ4v) is 1.92. The summed E-state index contributed by atoms with van der Waals surface area (Å²) >= 11 is 11.4. The van der Waals surface area contributed by atoms with E-state index in [0.29, 0.717) is 6.42 Å². The highest BCUT2D eigenvalue weighted by Crippen LogP contribution is 2.32. The molecule has 0 saturated heterocycles. The zero-order valence-corrected chi connectivity index (χ0v) is 11.5. The average molecular weight is 290 g/mol. The molecule has 98 valence electrons.